The molecule has 8 heteroatoms. The van der Waals surface area contributed by atoms with Crippen LogP contribution in [0.3, 0.4) is 0 Å². The van der Waals surface area contributed by atoms with Gasteiger partial charge >= 0.3 is 12.0 Å². The summed E-state index contributed by atoms with van der Waals surface area (Å²) >= 11 is 0. The van der Waals surface area contributed by atoms with Gasteiger partial charge in [-0.2, -0.15) is 0 Å². The van der Waals surface area contributed by atoms with E-state index in [9.17, 15) is 9.59 Å². The number of hydrogen-bond acceptors (Lipinski definition) is 5. The number of amides is 2. The zero-order valence-corrected chi connectivity index (χ0v) is 11.0. The Morgan fingerprint density at radius 1 is 1.53 bits per heavy atom. The molecule has 0 saturated carbocycles. The Bertz CT molecular complexity index is 445. The predicted octanol–water partition coefficient (Wildman–Crippen LogP) is 0.443. The van der Waals surface area contributed by atoms with E-state index in [1.165, 1.54) is 13.3 Å². The molecule has 0 aliphatic heterocycles. The summed E-state index contributed by atoms with van der Waals surface area (Å²) in [6.45, 7) is 3.30. The number of methoxy groups -OCH3 is 1. The molecule has 2 atom stereocenters. The largest absolute Gasteiger partial charge is 0.480 e. The van der Waals surface area contributed by atoms with E-state index < -0.39 is 24.1 Å². The molecule has 0 bridgehead atoms. The van der Waals surface area contributed by atoms with Crippen molar-refractivity contribution in [2.75, 3.05) is 13.7 Å². The first-order valence-corrected chi connectivity index (χ1v) is 5.65. The molecule has 2 unspecified atom stereocenters. The molecule has 0 spiro atoms. The Morgan fingerprint density at radius 2 is 2.21 bits per heavy atom. The van der Waals surface area contributed by atoms with Gasteiger partial charge in [-0.05, 0) is 13.8 Å². The average Bonchev–Trinajstić information content (AvgIpc) is 2.75. The standard InChI is InChI=1S/C11H17N3O5/c1-6-4-12-9(19-6)7(2)13-11(17)14-8(5-18-3)10(15)16/h4,7-8H,5H2,1-3H3,(H,15,16)(H2,13,14,17). The van der Waals surface area contributed by atoms with E-state index in [-0.39, 0.29) is 6.61 Å². The number of carboxylic acids is 1. The fourth-order valence-corrected chi connectivity index (χ4v) is 1.37. The van der Waals surface area contributed by atoms with Crippen molar-refractivity contribution in [1.82, 2.24) is 15.6 Å². The van der Waals surface area contributed by atoms with Gasteiger partial charge in [0.15, 0.2) is 6.04 Å². The monoisotopic (exact) mass is 271 g/mol. The average molecular weight is 271 g/mol. The van der Waals surface area contributed by atoms with Gasteiger partial charge in [0, 0.05) is 7.11 Å². The Kier molecular flexibility index (Phi) is 5.31. The van der Waals surface area contributed by atoms with Crippen LogP contribution in [-0.2, 0) is 9.53 Å². The van der Waals surface area contributed by atoms with E-state index >= 15 is 0 Å². The topological polar surface area (TPSA) is 114 Å². The van der Waals surface area contributed by atoms with Crippen LogP contribution in [-0.4, -0.2) is 41.8 Å². The van der Waals surface area contributed by atoms with Crippen LogP contribution >= 0.6 is 0 Å². The van der Waals surface area contributed by atoms with Crippen LogP contribution in [0, 0.1) is 6.92 Å². The van der Waals surface area contributed by atoms with Crippen molar-refractivity contribution >= 4 is 12.0 Å². The predicted molar refractivity (Wildman–Crippen MR) is 64.6 cm³/mol. The third kappa shape index (κ3) is 4.59. The van der Waals surface area contributed by atoms with E-state index in [2.05, 4.69) is 15.6 Å². The van der Waals surface area contributed by atoms with E-state index in [4.69, 9.17) is 14.3 Å². The third-order valence-electron chi connectivity index (χ3n) is 2.29. The van der Waals surface area contributed by atoms with Crippen molar-refractivity contribution < 1.29 is 23.8 Å². The molecule has 0 saturated heterocycles. The fourth-order valence-electron chi connectivity index (χ4n) is 1.37. The van der Waals surface area contributed by atoms with E-state index in [1.54, 1.807) is 13.8 Å². The van der Waals surface area contributed by atoms with Crippen molar-refractivity contribution in [2.24, 2.45) is 0 Å². The number of nitrogens with one attached hydrogen (secondary N) is 2. The molecule has 1 rings (SSSR count). The Hall–Kier alpha value is -2.09. The zero-order valence-electron chi connectivity index (χ0n) is 11.0. The lowest BCUT2D eigenvalue weighted by Crippen LogP contribution is -2.48. The first kappa shape index (κ1) is 15.0. The van der Waals surface area contributed by atoms with Crippen LogP contribution in [0.25, 0.3) is 0 Å². The van der Waals surface area contributed by atoms with Crippen molar-refractivity contribution in [3.05, 3.63) is 17.8 Å². The second-order valence-electron chi connectivity index (χ2n) is 3.99. The van der Waals surface area contributed by atoms with Crippen LogP contribution in [0.15, 0.2) is 10.6 Å². The van der Waals surface area contributed by atoms with Gasteiger partial charge in [-0.15, -0.1) is 0 Å². The Labute approximate surface area is 110 Å². The minimum atomic E-state index is -1.17. The summed E-state index contributed by atoms with van der Waals surface area (Å²) in [6, 6.07) is -2.21. The van der Waals surface area contributed by atoms with E-state index in [1.807, 2.05) is 0 Å². The molecule has 0 aromatic carbocycles. The summed E-state index contributed by atoms with van der Waals surface area (Å²) in [5.74, 6) is -0.185. The number of oxazole rings is 1. The maximum atomic E-state index is 11.6. The van der Waals surface area contributed by atoms with Gasteiger partial charge < -0.3 is 24.9 Å². The summed E-state index contributed by atoms with van der Waals surface area (Å²) in [7, 11) is 1.35. The molecular weight excluding hydrogens is 254 g/mol. The highest BCUT2D eigenvalue weighted by atomic mass is 16.5. The summed E-state index contributed by atoms with van der Waals surface area (Å²) in [6.07, 6.45) is 1.54. The number of aromatic nitrogens is 1. The van der Waals surface area contributed by atoms with Crippen LogP contribution in [0.5, 0.6) is 0 Å². The summed E-state index contributed by atoms with van der Waals surface area (Å²) in [5, 5.41) is 13.7. The first-order valence-electron chi connectivity index (χ1n) is 5.65. The number of ether oxygens (including phenoxy) is 1. The second-order valence-corrected chi connectivity index (χ2v) is 3.99. The number of aryl methyl sites for hydroxylation is 1. The quantitative estimate of drug-likeness (QED) is 0.692. The number of carbonyl (C=O) groups excluding carboxylic acids is 1. The van der Waals surface area contributed by atoms with Gasteiger partial charge in [0.25, 0.3) is 0 Å². The van der Waals surface area contributed by atoms with Crippen molar-refractivity contribution in [3.63, 3.8) is 0 Å². The molecule has 19 heavy (non-hydrogen) atoms. The lowest BCUT2D eigenvalue weighted by molar-refractivity contribution is -0.140. The number of nitrogens with zero attached hydrogens (tertiary/aromatic N) is 1. The molecule has 1 aromatic rings. The van der Waals surface area contributed by atoms with E-state index in [0.717, 1.165) is 0 Å². The SMILES string of the molecule is COCC(NC(=O)NC(C)c1ncc(C)o1)C(=O)O. The molecule has 3 N–H and O–H groups in total. The number of hydrogen-bond donors (Lipinski definition) is 3. The maximum Gasteiger partial charge on any atom is 0.328 e. The molecule has 8 nitrogen and oxygen atoms in total. The minimum Gasteiger partial charge on any atom is -0.480 e. The highest BCUT2D eigenvalue weighted by molar-refractivity contribution is 5.82. The van der Waals surface area contributed by atoms with Crippen LogP contribution < -0.4 is 10.6 Å². The number of urea groups is 1. The van der Waals surface area contributed by atoms with Gasteiger partial charge in [0.05, 0.1) is 12.8 Å². The Morgan fingerprint density at radius 3 is 2.68 bits per heavy atom. The molecule has 1 aromatic heterocycles. The molecule has 0 radical (unpaired) electrons. The van der Waals surface area contributed by atoms with E-state index in [0.29, 0.717) is 11.7 Å². The lowest BCUT2D eigenvalue weighted by Gasteiger charge is -2.16. The molecular formula is C11H17N3O5. The zero-order chi connectivity index (χ0) is 14.4. The van der Waals surface area contributed by atoms with Gasteiger partial charge in [-0.3, -0.25) is 0 Å². The molecule has 106 valence electrons. The number of carboxylic acid groups (broad SMARTS) is 1. The number of carbonyl (C=O) groups is 2. The number of aliphatic carboxylic acids is 1. The normalized spacial score (nSPS) is 13.6. The smallest absolute Gasteiger partial charge is 0.328 e. The molecule has 1 heterocycles. The fraction of sp³-hybridized carbons (Fsp3) is 0.545. The molecule has 0 fully saturated rings. The van der Waals surface area contributed by atoms with Crippen molar-refractivity contribution in [3.8, 4) is 0 Å². The van der Waals surface area contributed by atoms with Crippen molar-refractivity contribution in [2.45, 2.75) is 25.9 Å². The van der Waals surface area contributed by atoms with Crippen LogP contribution in [0.4, 0.5) is 4.79 Å². The Balaban J connectivity index is 2.52. The summed E-state index contributed by atoms with van der Waals surface area (Å²) < 4.78 is 9.96. The van der Waals surface area contributed by atoms with Gasteiger partial charge in [0.1, 0.15) is 11.8 Å². The lowest BCUT2D eigenvalue weighted by atomic mass is 10.3. The second kappa shape index (κ2) is 6.74. The summed E-state index contributed by atoms with van der Waals surface area (Å²) in [4.78, 5) is 26.4. The minimum absolute atomic E-state index is 0.116. The van der Waals surface area contributed by atoms with Gasteiger partial charge in [-0.1, -0.05) is 0 Å². The van der Waals surface area contributed by atoms with Gasteiger partial charge in [-0.25, -0.2) is 14.6 Å². The van der Waals surface area contributed by atoms with Crippen LogP contribution in [0.2, 0.25) is 0 Å². The maximum absolute atomic E-state index is 11.6. The number of rotatable bonds is 6. The van der Waals surface area contributed by atoms with Crippen molar-refractivity contribution in [1.29, 1.82) is 0 Å². The molecule has 2 amide bonds. The third-order valence-corrected chi connectivity index (χ3v) is 2.29. The molecule has 0 aliphatic carbocycles. The highest BCUT2D eigenvalue weighted by Crippen LogP contribution is 2.11. The highest BCUT2D eigenvalue weighted by Gasteiger charge is 2.21. The molecule has 0 aliphatic rings. The van der Waals surface area contributed by atoms with Gasteiger partial charge in [0.2, 0.25) is 5.89 Å². The first-order chi connectivity index (χ1) is 8.93. The summed E-state index contributed by atoms with van der Waals surface area (Å²) in [5.41, 5.74) is 0. The van der Waals surface area contributed by atoms with Crippen LogP contribution in [0.1, 0.15) is 24.6 Å².